The van der Waals surface area contributed by atoms with Gasteiger partial charge in [-0.15, -0.1) is 13.2 Å². The smallest absolute Gasteiger partial charge is 0.312 e. The van der Waals surface area contributed by atoms with Crippen LogP contribution >= 0.6 is 0 Å². The number of carbonyl (C=O) groups is 4. The molecule has 4 rings (SSSR count). The molecule has 3 amide bonds. The molecule has 11 heteroatoms. The molecule has 3 saturated heterocycles. The molecular formula is C33H45N3O8. The second-order valence-electron chi connectivity index (χ2n) is 12.1. The molecular weight excluding hydrogens is 566 g/mol. The third-order valence-electron chi connectivity index (χ3n) is 9.00. The van der Waals surface area contributed by atoms with E-state index < -0.39 is 53.6 Å². The first-order valence-corrected chi connectivity index (χ1v) is 15.3. The summed E-state index contributed by atoms with van der Waals surface area (Å²) < 4.78 is 17.6. The van der Waals surface area contributed by atoms with Crippen LogP contribution < -0.4 is 15.0 Å². The Labute approximate surface area is 259 Å². The summed E-state index contributed by atoms with van der Waals surface area (Å²) in [4.78, 5) is 57.7. The van der Waals surface area contributed by atoms with Crippen molar-refractivity contribution in [2.45, 2.75) is 76.3 Å². The number of anilines is 1. The Morgan fingerprint density at radius 2 is 1.91 bits per heavy atom. The molecule has 240 valence electrons. The zero-order chi connectivity index (χ0) is 32.2. The molecule has 3 aliphatic heterocycles. The summed E-state index contributed by atoms with van der Waals surface area (Å²) in [7, 11) is 1.56. The third kappa shape index (κ3) is 6.12. The Morgan fingerprint density at radius 1 is 1.20 bits per heavy atom. The van der Waals surface area contributed by atoms with E-state index in [-0.39, 0.29) is 43.8 Å². The van der Waals surface area contributed by atoms with Crippen LogP contribution in [-0.2, 0) is 28.7 Å². The summed E-state index contributed by atoms with van der Waals surface area (Å²) in [6.07, 6.45) is 3.73. The van der Waals surface area contributed by atoms with Crippen LogP contribution in [0.5, 0.6) is 5.75 Å². The molecule has 44 heavy (non-hydrogen) atoms. The van der Waals surface area contributed by atoms with E-state index in [4.69, 9.17) is 14.2 Å². The largest absolute Gasteiger partial charge is 0.497 e. The van der Waals surface area contributed by atoms with Crippen LogP contribution in [0.1, 0.15) is 46.5 Å². The van der Waals surface area contributed by atoms with E-state index >= 15 is 0 Å². The average Bonchev–Trinajstić information content (AvgIpc) is 3.65. The number of likely N-dealkylation sites (tertiary alicyclic amines) is 1. The molecule has 0 aromatic heterocycles. The predicted octanol–water partition coefficient (Wildman–Crippen LogP) is 2.62. The predicted molar refractivity (Wildman–Crippen MR) is 164 cm³/mol. The minimum absolute atomic E-state index is 0.120. The summed E-state index contributed by atoms with van der Waals surface area (Å²) in [5.74, 6) is -2.99. The molecule has 3 aliphatic rings. The van der Waals surface area contributed by atoms with Crippen molar-refractivity contribution in [3.63, 3.8) is 0 Å². The van der Waals surface area contributed by atoms with Gasteiger partial charge in [-0.1, -0.05) is 26.0 Å². The number of aliphatic hydroxyl groups is 1. The van der Waals surface area contributed by atoms with Gasteiger partial charge in [-0.05, 0) is 56.4 Å². The van der Waals surface area contributed by atoms with E-state index in [1.807, 2.05) is 13.8 Å². The van der Waals surface area contributed by atoms with Crippen molar-refractivity contribution < 1.29 is 38.5 Å². The topological polar surface area (TPSA) is 135 Å². The number of aliphatic hydroxyl groups excluding tert-OH is 1. The number of hydrogen-bond donors (Lipinski definition) is 2. The van der Waals surface area contributed by atoms with Gasteiger partial charge in [-0.3, -0.25) is 19.2 Å². The number of esters is 1. The Kier molecular flexibility index (Phi) is 10.5. The lowest BCUT2D eigenvalue weighted by Crippen LogP contribution is -2.59. The molecule has 7 atom stereocenters. The summed E-state index contributed by atoms with van der Waals surface area (Å²) in [5, 5.41) is 13.2. The van der Waals surface area contributed by atoms with Gasteiger partial charge in [0.2, 0.25) is 11.8 Å². The van der Waals surface area contributed by atoms with Gasteiger partial charge in [0, 0.05) is 18.7 Å². The van der Waals surface area contributed by atoms with Crippen molar-refractivity contribution in [3.8, 4) is 5.75 Å². The highest BCUT2D eigenvalue weighted by Gasteiger charge is 2.75. The second kappa shape index (κ2) is 13.9. The standard InChI is InChI=1S/C33H45N3O8/c1-7-9-10-26(38)34-18-21(5)43-32(41)27-25-15-16-33(44-25)28(27)30(39)36(24(19-37)20(3)4)29(33)31(40)35(17-8-2)22-11-13-23(42-6)14-12-22/h7-8,11-14,20-21,24-25,27-29,37H,1-2,9-10,15-19H2,3-6H3,(H,34,38)/t21-,24+,25-,27+,28+,29-,33+/m1/s1. The quantitative estimate of drug-likeness (QED) is 0.228. The number of methoxy groups -OCH3 is 1. The van der Waals surface area contributed by atoms with Gasteiger partial charge in [-0.25, -0.2) is 0 Å². The van der Waals surface area contributed by atoms with Crippen molar-refractivity contribution in [1.82, 2.24) is 10.2 Å². The molecule has 2 N–H and O–H groups in total. The minimum atomic E-state index is -1.27. The summed E-state index contributed by atoms with van der Waals surface area (Å²) in [6.45, 7) is 12.8. The van der Waals surface area contributed by atoms with Crippen LogP contribution in [0.25, 0.3) is 0 Å². The monoisotopic (exact) mass is 611 g/mol. The molecule has 0 aliphatic carbocycles. The summed E-state index contributed by atoms with van der Waals surface area (Å²) in [6, 6.07) is 5.25. The molecule has 0 radical (unpaired) electrons. The molecule has 0 saturated carbocycles. The van der Waals surface area contributed by atoms with Crippen LogP contribution in [-0.4, -0.2) is 90.4 Å². The summed E-state index contributed by atoms with van der Waals surface area (Å²) in [5.41, 5.74) is -0.681. The zero-order valence-corrected chi connectivity index (χ0v) is 26.1. The maximum Gasteiger partial charge on any atom is 0.312 e. The SMILES string of the molecule is C=CCCC(=O)NC[C@@H](C)OC(=O)[C@@H]1[C@H]2C(=O)N([C@@H](CO)C(C)C)[C@H](C(=O)N(CC=C)c3ccc(OC)cc3)[C@]23CC[C@H]1O3. The number of carbonyl (C=O) groups excluding carboxylic acids is 4. The minimum Gasteiger partial charge on any atom is -0.497 e. The van der Waals surface area contributed by atoms with Crippen molar-refractivity contribution >= 4 is 29.4 Å². The fraction of sp³-hybridized carbons (Fsp3) is 0.576. The number of allylic oxidation sites excluding steroid dienone is 1. The van der Waals surface area contributed by atoms with Crippen molar-refractivity contribution in [2.75, 3.05) is 31.7 Å². The lowest BCUT2D eigenvalue weighted by molar-refractivity contribution is -0.160. The van der Waals surface area contributed by atoms with Crippen LogP contribution in [0.15, 0.2) is 49.6 Å². The van der Waals surface area contributed by atoms with E-state index in [9.17, 15) is 24.3 Å². The number of hydrogen-bond acceptors (Lipinski definition) is 8. The van der Waals surface area contributed by atoms with Crippen molar-refractivity contribution in [2.24, 2.45) is 17.8 Å². The molecule has 1 spiro atoms. The molecule has 0 unspecified atom stereocenters. The van der Waals surface area contributed by atoms with E-state index in [1.165, 1.54) is 4.90 Å². The highest BCUT2D eigenvalue weighted by molar-refractivity contribution is 6.05. The first-order chi connectivity index (χ1) is 21.0. The van der Waals surface area contributed by atoms with Crippen LogP contribution in [0.3, 0.4) is 0 Å². The number of benzene rings is 1. The van der Waals surface area contributed by atoms with Gasteiger partial charge < -0.3 is 34.4 Å². The normalized spacial score (nSPS) is 26.6. The van der Waals surface area contributed by atoms with Gasteiger partial charge in [0.25, 0.3) is 5.91 Å². The Hall–Kier alpha value is -3.70. The first kappa shape index (κ1) is 33.2. The van der Waals surface area contributed by atoms with Gasteiger partial charge in [0.05, 0.1) is 44.2 Å². The number of nitrogens with one attached hydrogen (secondary N) is 1. The molecule has 2 bridgehead atoms. The highest BCUT2D eigenvalue weighted by Crippen LogP contribution is 2.59. The Balaban J connectivity index is 1.66. The molecule has 11 nitrogen and oxygen atoms in total. The van der Waals surface area contributed by atoms with Crippen LogP contribution in [0, 0.1) is 17.8 Å². The molecule has 3 fully saturated rings. The van der Waals surface area contributed by atoms with E-state index in [0.717, 1.165) is 0 Å². The zero-order valence-electron chi connectivity index (χ0n) is 26.1. The summed E-state index contributed by atoms with van der Waals surface area (Å²) >= 11 is 0. The number of ether oxygens (including phenoxy) is 3. The van der Waals surface area contributed by atoms with Crippen LogP contribution in [0.4, 0.5) is 5.69 Å². The number of nitrogens with zero attached hydrogens (tertiary/aromatic N) is 2. The number of rotatable bonds is 15. The van der Waals surface area contributed by atoms with Gasteiger partial charge >= 0.3 is 5.97 Å². The molecule has 3 heterocycles. The lowest BCUT2D eigenvalue weighted by Gasteiger charge is -2.40. The van der Waals surface area contributed by atoms with E-state index in [1.54, 1.807) is 55.4 Å². The van der Waals surface area contributed by atoms with E-state index in [0.29, 0.717) is 30.7 Å². The van der Waals surface area contributed by atoms with Crippen molar-refractivity contribution in [3.05, 3.63) is 49.6 Å². The Morgan fingerprint density at radius 3 is 2.50 bits per heavy atom. The fourth-order valence-electron chi connectivity index (χ4n) is 6.87. The highest BCUT2D eigenvalue weighted by atomic mass is 16.6. The maximum atomic E-state index is 14.6. The second-order valence-corrected chi connectivity index (χ2v) is 12.1. The fourth-order valence-corrected chi connectivity index (χ4v) is 6.87. The first-order valence-electron chi connectivity index (χ1n) is 15.3. The molecule has 1 aromatic carbocycles. The Bertz CT molecular complexity index is 1250. The maximum absolute atomic E-state index is 14.6. The third-order valence-corrected chi connectivity index (χ3v) is 9.00. The van der Waals surface area contributed by atoms with Gasteiger partial charge in [-0.2, -0.15) is 0 Å². The van der Waals surface area contributed by atoms with Crippen molar-refractivity contribution in [1.29, 1.82) is 0 Å². The average molecular weight is 612 g/mol. The lowest BCUT2D eigenvalue weighted by atomic mass is 9.70. The van der Waals surface area contributed by atoms with Gasteiger partial charge in [0.1, 0.15) is 23.5 Å². The number of amides is 3. The number of fused-ring (bicyclic) bond motifs is 1. The molecule has 1 aromatic rings. The van der Waals surface area contributed by atoms with E-state index in [2.05, 4.69) is 18.5 Å². The van der Waals surface area contributed by atoms with Gasteiger partial charge in [0.15, 0.2) is 0 Å². The van der Waals surface area contributed by atoms with Crippen LogP contribution in [0.2, 0.25) is 0 Å².